The maximum absolute atomic E-state index is 12.5. The first-order valence-corrected chi connectivity index (χ1v) is 8.01. The van der Waals surface area contributed by atoms with Gasteiger partial charge in [0.25, 0.3) is 0 Å². The maximum atomic E-state index is 12.5. The Hall–Kier alpha value is -3.30. The second kappa shape index (κ2) is 6.45. The summed E-state index contributed by atoms with van der Waals surface area (Å²) in [5.41, 5.74) is -0.484. The van der Waals surface area contributed by atoms with Gasteiger partial charge in [0.1, 0.15) is 0 Å². The van der Waals surface area contributed by atoms with E-state index in [9.17, 15) is 18.0 Å². The molecule has 1 N–H and O–H groups in total. The van der Waals surface area contributed by atoms with Crippen LogP contribution in [0.25, 0.3) is 11.6 Å². The Balaban J connectivity index is 1.32. The van der Waals surface area contributed by atoms with Gasteiger partial charge in [-0.3, -0.25) is 0 Å². The lowest BCUT2D eigenvalue weighted by Crippen LogP contribution is -2.50. The number of furan rings is 1. The molecule has 0 aliphatic carbocycles. The van der Waals surface area contributed by atoms with E-state index in [0.29, 0.717) is 30.6 Å². The number of carbonyl (C=O) groups excluding carboxylic acids is 1. The largest absolute Gasteiger partial charge is 0.461 e. The van der Waals surface area contributed by atoms with Crippen molar-refractivity contribution in [2.45, 2.75) is 12.1 Å². The third-order valence-electron chi connectivity index (χ3n) is 4.16. The van der Waals surface area contributed by atoms with Gasteiger partial charge >= 0.3 is 12.2 Å². The van der Waals surface area contributed by atoms with Gasteiger partial charge in [0, 0.05) is 18.8 Å². The maximum Gasteiger partial charge on any atom is 0.416 e. The summed E-state index contributed by atoms with van der Waals surface area (Å²) in [6, 6.07) is 7.28. The molecule has 1 aromatic carbocycles. The van der Waals surface area contributed by atoms with Crippen LogP contribution in [-0.2, 0) is 6.18 Å². The lowest BCUT2D eigenvalue weighted by Gasteiger charge is -2.36. The van der Waals surface area contributed by atoms with Crippen molar-refractivity contribution in [3.63, 3.8) is 0 Å². The SMILES string of the molecule is O=C(Nc1ccc(C(F)(F)F)cc1)N1CC(c2nc(-c3ccco3)no2)C1. The number of nitrogens with one attached hydrogen (secondary N) is 1. The van der Waals surface area contributed by atoms with Crippen molar-refractivity contribution in [3.05, 3.63) is 54.1 Å². The molecule has 0 saturated carbocycles. The van der Waals surface area contributed by atoms with Crippen LogP contribution in [0.15, 0.2) is 51.6 Å². The molecule has 0 atom stereocenters. The van der Waals surface area contributed by atoms with Crippen molar-refractivity contribution in [2.75, 3.05) is 18.4 Å². The molecule has 1 fully saturated rings. The molecule has 1 aliphatic rings. The molecule has 0 radical (unpaired) electrons. The number of hydrogen-bond donors (Lipinski definition) is 1. The summed E-state index contributed by atoms with van der Waals surface area (Å²) < 4.78 is 48.0. The zero-order chi connectivity index (χ0) is 19.0. The van der Waals surface area contributed by atoms with E-state index < -0.39 is 17.8 Å². The van der Waals surface area contributed by atoms with Crippen LogP contribution in [-0.4, -0.2) is 34.2 Å². The Labute approximate surface area is 150 Å². The fourth-order valence-corrected chi connectivity index (χ4v) is 2.65. The minimum atomic E-state index is -4.41. The molecule has 27 heavy (non-hydrogen) atoms. The van der Waals surface area contributed by atoms with Crippen LogP contribution in [0.1, 0.15) is 17.4 Å². The van der Waals surface area contributed by atoms with Crippen LogP contribution in [0.4, 0.5) is 23.7 Å². The van der Waals surface area contributed by atoms with E-state index in [4.69, 9.17) is 8.94 Å². The summed E-state index contributed by atoms with van der Waals surface area (Å²) >= 11 is 0. The van der Waals surface area contributed by atoms with Gasteiger partial charge in [0.05, 0.1) is 17.7 Å². The number of rotatable bonds is 3. The fourth-order valence-electron chi connectivity index (χ4n) is 2.65. The second-order valence-corrected chi connectivity index (χ2v) is 6.04. The predicted octanol–water partition coefficient (Wildman–Crippen LogP) is 3.98. The molecule has 1 aliphatic heterocycles. The summed E-state index contributed by atoms with van der Waals surface area (Å²) in [6.07, 6.45) is -2.91. The van der Waals surface area contributed by atoms with Crippen LogP contribution < -0.4 is 5.32 Å². The fraction of sp³-hybridized carbons (Fsp3) is 0.235. The van der Waals surface area contributed by atoms with Gasteiger partial charge < -0.3 is 19.2 Å². The molecule has 10 heteroatoms. The minimum absolute atomic E-state index is 0.0976. The van der Waals surface area contributed by atoms with Crippen molar-refractivity contribution in [3.8, 4) is 11.6 Å². The highest BCUT2D eigenvalue weighted by Crippen LogP contribution is 2.31. The minimum Gasteiger partial charge on any atom is -0.461 e. The average Bonchev–Trinajstić information content (AvgIpc) is 3.24. The highest BCUT2D eigenvalue weighted by Gasteiger charge is 2.36. The van der Waals surface area contributed by atoms with Gasteiger partial charge in [0.15, 0.2) is 5.76 Å². The lowest BCUT2D eigenvalue weighted by molar-refractivity contribution is -0.137. The number of carbonyl (C=O) groups is 1. The molecule has 0 spiro atoms. The summed E-state index contributed by atoms with van der Waals surface area (Å²) in [5.74, 6) is 1.13. The average molecular weight is 378 g/mol. The van der Waals surface area contributed by atoms with Crippen molar-refractivity contribution in [1.29, 1.82) is 0 Å². The lowest BCUT2D eigenvalue weighted by atomic mass is 10.0. The summed E-state index contributed by atoms with van der Waals surface area (Å²) in [7, 11) is 0. The van der Waals surface area contributed by atoms with Gasteiger partial charge in [-0.05, 0) is 36.4 Å². The van der Waals surface area contributed by atoms with Crippen LogP contribution in [0.5, 0.6) is 0 Å². The third-order valence-corrected chi connectivity index (χ3v) is 4.16. The zero-order valence-corrected chi connectivity index (χ0v) is 13.7. The molecular weight excluding hydrogens is 365 g/mol. The van der Waals surface area contributed by atoms with Crippen LogP contribution >= 0.6 is 0 Å². The van der Waals surface area contributed by atoms with E-state index in [2.05, 4.69) is 15.5 Å². The molecule has 1 saturated heterocycles. The van der Waals surface area contributed by atoms with Crippen LogP contribution in [0, 0.1) is 0 Å². The van der Waals surface area contributed by atoms with Gasteiger partial charge in [-0.25, -0.2) is 4.79 Å². The van der Waals surface area contributed by atoms with E-state index in [1.54, 1.807) is 12.1 Å². The normalized spacial score (nSPS) is 14.9. The Kier molecular flexibility index (Phi) is 4.09. The van der Waals surface area contributed by atoms with Crippen LogP contribution in [0.3, 0.4) is 0 Å². The van der Waals surface area contributed by atoms with Crippen molar-refractivity contribution in [2.24, 2.45) is 0 Å². The van der Waals surface area contributed by atoms with Gasteiger partial charge in [-0.2, -0.15) is 18.2 Å². The number of aromatic nitrogens is 2. The molecule has 3 heterocycles. The number of urea groups is 1. The zero-order valence-electron chi connectivity index (χ0n) is 13.7. The number of anilines is 1. The van der Waals surface area contributed by atoms with Gasteiger partial charge in [-0.1, -0.05) is 5.16 Å². The number of benzene rings is 1. The van der Waals surface area contributed by atoms with E-state index >= 15 is 0 Å². The quantitative estimate of drug-likeness (QED) is 0.745. The van der Waals surface area contributed by atoms with E-state index in [1.807, 2.05) is 0 Å². The molecule has 2 aromatic heterocycles. The van der Waals surface area contributed by atoms with E-state index in [0.717, 1.165) is 12.1 Å². The topological polar surface area (TPSA) is 84.4 Å². The van der Waals surface area contributed by atoms with Crippen LogP contribution in [0.2, 0.25) is 0 Å². The highest BCUT2D eigenvalue weighted by atomic mass is 19.4. The standard InChI is InChI=1S/C17H13F3N4O3/c18-17(19,20)11-3-5-12(6-4-11)21-16(25)24-8-10(9-24)15-22-14(23-27-15)13-2-1-7-26-13/h1-7,10H,8-9H2,(H,21,25). The highest BCUT2D eigenvalue weighted by molar-refractivity contribution is 5.90. The molecule has 3 aromatic rings. The van der Waals surface area contributed by atoms with E-state index in [1.165, 1.54) is 23.3 Å². The van der Waals surface area contributed by atoms with Gasteiger partial charge in [0.2, 0.25) is 11.7 Å². The monoisotopic (exact) mass is 378 g/mol. The second-order valence-electron chi connectivity index (χ2n) is 6.04. The predicted molar refractivity (Wildman–Crippen MR) is 86.8 cm³/mol. The molecule has 2 amide bonds. The molecule has 140 valence electrons. The number of amides is 2. The number of hydrogen-bond acceptors (Lipinski definition) is 5. The third kappa shape index (κ3) is 3.50. The van der Waals surface area contributed by atoms with Crippen molar-refractivity contribution < 1.29 is 26.9 Å². The molecule has 7 nitrogen and oxygen atoms in total. The van der Waals surface area contributed by atoms with Crippen molar-refractivity contribution in [1.82, 2.24) is 15.0 Å². The summed E-state index contributed by atoms with van der Waals surface area (Å²) in [6.45, 7) is 0.735. The number of nitrogens with zero attached hydrogens (tertiary/aromatic N) is 3. The Morgan fingerprint density at radius 3 is 2.56 bits per heavy atom. The molecular formula is C17H13F3N4O3. The Bertz CT molecular complexity index is 929. The molecule has 0 bridgehead atoms. The number of halogens is 3. The Morgan fingerprint density at radius 1 is 1.19 bits per heavy atom. The first-order chi connectivity index (χ1) is 12.9. The molecule has 4 rings (SSSR count). The van der Waals surface area contributed by atoms with E-state index in [-0.39, 0.29) is 11.6 Å². The van der Waals surface area contributed by atoms with Gasteiger partial charge in [-0.15, -0.1) is 0 Å². The smallest absolute Gasteiger partial charge is 0.416 e. The van der Waals surface area contributed by atoms with Crippen molar-refractivity contribution >= 4 is 11.7 Å². The number of likely N-dealkylation sites (tertiary alicyclic amines) is 1. The summed E-state index contributed by atoms with van der Waals surface area (Å²) in [5, 5.41) is 6.40. The first kappa shape index (κ1) is 17.1. The molecule has 0 unspecified atom stereocenters. The first-order valence-electron chi connectivity index (χ1n) is 8.01. The number of alkyl halides is 3. The summed E-state index contributed by atoms with van der Waals surface area (Å²) in [4.78, 5) is 17.9. The Morgan fingerprint density at radius 2 is 1.93 bits per heavy atom.